The molecule has 2 aliphatic heterocycles. The Kier molecular flexibility index (Phi) is 6.16. The maximum Gasteiger partial charge on any atom is 0.338 e. The second-order valence-electron chi connectivity index (χ2n) is 7.30. The van der Waals surface area contributed by atoms with Crippen LogP contribution in [0.2, 0.25) is 0 Å². The third-order valence-electron chi connectivity index (χ3n) is 5.13. The van der Waals surface area contributed by atoms with Crippen LogP contribution < -0.4 is 0 Å². The quantitative estimate of drug-likeness (QED) is 0.712. The summed E-state index contributed by atoms with van der Waals surface area (Å²) in [7, 11) is -3.51. The van der Waals surface area contributed by atoms with Gasteiger partial charge in [0, 0.05) is 26.2 Å². The first-order chi connectivity index (χ1) is 12.9. The first-order valence-electron chi connectivity index (χ1n) is 9.43. The molecular formula is C19H26N2O5S. The molecule has 0 N–H and O–H groups in total. The van der Waals surface area contributed by atoms with E-state index in [-0.39, 0.29) is 23.0 Å². The molecule has 2 aliphatic rings. The molecule has 1 aromatic carbocycles. The van der Waals surface area contributed by atoms with E-state index in [1.807, 2.05) is 0 Å². The minimum absolute atomic E-state index is 0.166. The molecule has 3 rings (SSSR count). The SMILES string of the molecule is C[C@@H]1CCCN(C(=O)COC(=O)c2ccc(S(=O)(=O)N3CCCC3)cc2)C1. The number of rotatable bonds is 5. The molecule has 2 heterocycles. The van der Waals surface area contributed by atoms with E-state index in [0.717, 1.165) is 25.7 Å². The van der Waals surface area contributed by atoms with Crippen molar-refractivity contribution < 1.29 is 22.7 Å². The molecule has 0 aromatic heterocycles. The van der Waals surface area contributed by atoms with Crippen molar-refractivity contribution >= 4 is 21.9 Å². The van der Waals surface area contributed by atoms with Crippen molar-refractivity contribution in [1.82, 2.24) is 9.21 Å². The average Bonchev–Trinajstić information content (AvgIpc) is 3.21. The lowest BCUT2D eigenvalue weighted by Crippen LogP contribution is -2.41. The number of hydrogen-bond donors (Lipinski definition) is 0. The van der Waals surface area contributed by atoms with E-state index >= 15 is 0 Å². The van der Waals surface area contributed by atoms with Crippen LogP contribution in [-0.2, 0) is 19.6 Å². The summed E-state index contributed by atoms with van der Waals surface area (Å²) in [5.41, 5.74) is 0.232. The van der Waals surface area contributed by atoms with Crippen LogP contribution in [0.3, 0.4) is 0 Å². The number of benzene rings is 1. The van der Waals surface area contributed by atoms with Crippen LogP contribution >= 0.6 is 0 Å². The van der Waals surface area contributed by atoms with Gasteiger partial charge in [0.25, 0.3) is 5.91 Å². The molecule has 0 unspecified atom stereocenters. The van der Waals surface area contributed by atoms with Gasteiger partial charge in [-0.3, -0.25) is 4.79 Å². The lowest BCUT2D eigenvalue weighted by molar-refractivity contribution is -0.136. The van der Waals surface area contributed by atoms with Crippen molar-refractivity contribution in [2.24, 2.45) is 5.92 Å². The van der Waals surface area contributed by atoms with Crippen LogP contribution in [0.4, 0.5) is 0 Å². The monoisotopic (exact) mass is 394 g/mol. The van der Waals surface area contributed by atoms with E-state index in [0.29, 0.717) is 32.1 Å². The van der Waals surface area contributed by atoms with Gasteiger partial charge in [0.1, 0.15) is 0 Å². The first-order valence-corrected chi connectivity index (χ1v) is 10.9. The number of likely N-dealkylation sites (tertiary alicyclic amines) is 1. The highest BCUT2D eigenvalue weighted by atomic mass is 32.2. The molecule has 0 aliphatic carbocycles. The van der Waals surface area contributed by atoms with Gasteiger partial charge in [-0.2, -0.15) is 4.31 Å². The van der Waals surface area contributed by atoms with Gasteiger partial charge in [-0.15, -0.1) is 0 Å². The molecule has 0 spiro atoms. The average molecular weight is 394 g/mol. The molecule has 0 bridgehead atoms. The first kappa shape index (κ1) is 19.8. The fourth-order valence-corrected chi connectivity index (χ4v) is 5.08. The van der Waals surface area contributed by atoms with E-state index in [1.165, 1.54) is 28.6 Å². The summed E-state index contributed by atoms with van der Waals surface area (Å²) in [5, 5.41) is 0. The molecule has 8 heteroatoms. The number of hydrogen-bond acceptors (Lipinski definition) is 5. The number of piperidine rings is 1. The second kappa shape index (κ2) is 8.39. The number of esters is 1. The summed E-state index contributed by atoms with van der Waals surface area (Å²) >= 11 is 0. The van der Waals surface area contributed by atoms with Crippen molar-refractivity contribution in [3.05, 3.63) is 29.8 Å². The molecule has 27 heavy (non-hydrogen) atoms. The van der Waals surface area contributed by atoms with Crippen LogP contribution in [-0.4, -0.2) is 62.3 Å². The lowest BCUT2D eigenvalue weighted by atomic mass is 10.0. The number of nitrogens with zero attached hydrogens (tertiary/aromatic N) is 2. The number of carbonyl (C=O) groups excluding carboxylic acids is 2. The summed E-state index contributed by atoms with van der Waals surface area (Å²) in [6.45, 7) is 4.26. The zero-order chi connectivity index (χ0) is 19.4. The fourth-order valence-electron chi connectivity index (χ4n) is 3.56. The maximum atomic E-state index is 12.5. The van der Waals surface area contributed by atoms with Gasteiger partial charge in [0.15, 0.2) is 6.61 Å². The van der Waals surface area contributed by atoms with Crippen LogP contribution in [0.1, 0.15) is 43.0 Å². The molecule has 2 saturated heterocycles. The van der Waals surface area contributed by atoms with E-state index in [4.69, 9.17) is 4.74 Å². The van der Waals surface area contributed by atoms with Crippen LogP contribution in [0, 0.1) is 5.92 Å². The summed E-state index contributed by atoms with van der Waals surface area (Å²) < 4.78 is 31.6. The van der Waals surface area contributed by atoms with Crippen molar-refractivity contribution in [2.45, 2.75) is 37.5 Å². The molecule has 7 nitrogen and oxygen atoms in total. The fraction of sp³-hybridized carbons (Fsp3) is 0.579. The molecule has 148 valence electrons. The third-order valence-corrected chi connectivity index (χ3v) is 7.04. The Hall–Kier alpha value is -1.93. The molecule has 1 atom stereocenters. The predicted molar refractivity (Wildman–Crippen MR) is 99.7 cm³/mol. The minimum atomic E-state index is -3.51. The predicted octanol–water partition coefficient (Wildman–Crippen LogP) is 1.89. The molecule has 0 saturated carbocycles. The lowest BCUT2D eigenvalue weighted by Gasteiger charge is -2.30. The Morgan fingerprint density at radius 2 is 1.74 bits per heavy atom. The molecular weight excluding hydrogens is 368 g/mol. The number of sulfonamides is 1. The van der Waals surface area contributed by atoms with Crippen molar-refractivity contribution in [1.29, 1.82) is 0 Å². The zero-order valence-corrected chi connectivity index (χ0v) is 16.4. The second-order valence-corrected chi connectivity index (χ2v) is 9.24. The summed E-state index contributed by atoms with van der Waals surface area (Å²) in [6.07, 6.45) is 3.81. The highest BCUT2D eigenvalue weighted by Crippen LogP contribution is 2.21. The van der Waals surface area contributed by atoms with Gasteiger partial charge in [-0.05, 0) is 55.9 Å². The highest BCUT2D eigenvalue weighted by Gasteiger charge is 2.27. The summed E-state index contributed by atoms with van der Waals surface area (Å²) in [6, 6.07) is 5.69. The maximum absolute atomic E-state index is 12.5. The van der Waals surface area contributed by atoms with Gasteiger partial charge in [-0.25, -0.2) is 13.2 Å². The molecule has 2 fully saturated rings. The highest BCUT2D eigenvalue weighted by molar-refractivity contribution is 7.89. The molecule has 1 aromatic rings. The van der Waals surface area contributed by atoms with Gasteiger partial charge >= 0.3 is 5.97 Å². The molecule has 0 radical (unpaired) electrons. The Morgan fingerprint density at radius 1 is 1.07 bits per heavy atom. The van der Waals surface area contributed by atoms with Crippen LogP contribution in [0.15, 0.2) is 29.2 Å². The Morgan fingerprint density at radius 3 is 2.37 bits per heavy atom. The number of ether oxygens (including phenoxy) is 1. The largest absolute Gasteiger partial charge is 0.452 e. The standard InChI is InChI=1S/C19H26N2O5S/c1-15-5-4-10-20(13-15)18(22)14-26-19(23)16-6-8-17(9-7-16)27(24,25)21-11-2-3-12-21/h6-9,15H,2-5,10-14H2,1H3/t15-/m1/s1. The smallest absolute Gasteiger partial charge is 0.338 e. The van der Waals surface area contributed by atoms with Gasteiger partial charge < -0.3 is 9.64 Å². The van der Waals surface area contributed by atoms with Gasteiger partial charge in [0.05, 0.1) is 10.5 Å². The normalized spacial score (nSPS) is 21.2. The minimum Gasteiger partial charge on any atom is -0.452 e. The van der Waals surface area contributed by atoms with Crippen LogP contribution in [0.25, 0.3) is 0 Å². The molecule has 1 amide bonds. The van der Waals surface area contributed by atoms with Gasteiger partial charge in [0.2, 0.25) is 10.0 Å². The van der Waals surface area contributed by atoms with Crippen molar-refractivity contribution in [3.8, 4) is 0 Å². The summed E-state index contributed by atoms with van der Waals surface area (Å²) in [4.78, 5) is 26.2. The third kappa shape index (κ3) is 4.68. The number of carbonyl (C=O) groups is 2. The Balaban J connectivity index is 1.56. The number of amides is 1. The van der Waals surface area contributed by atoms with Crippen LogP contribution in [0.5, 0.6) is 0 Å². The summed E-state index contributed by atoms with van der Waals surface area (Å²) in [5.74, 6) is -0.356. The Bertz CT molecular complexity index is 785. The van der Waals surface area contributed by atoms with Gasteiger partial charge in [-0.1, -0.05) is 6.92 Å². The van der Waals surface area contributed by atoms with E-state index < -0.39 is 16.0 Å². The van der Waals surface area contributed by atoms with Crippen molar-refractivity contribution in [2.75, 3.05) is 32.8 Å². The van der Waals surface area contributed by atoms with E-state index in [1.54, 1.807) is 4.90 Å². The Labute approximate surface area is 160 Å². The zero-order valence-electron chi connectivity index (χ0n) is 15.6. The van der Waals surface area contributed by atoms with Crippen molar-refractivity contribution in [3.63, 3.8) is 0 Å². The van der Waals surface area contributed by atoms with E-state index in [2.05, 4.69) is 6.92 Å². The van der Waals surface area contributed by atoms with E-state index in [9.17, 15) is 18.0 Å². The topological polar surface area (TPSA) is 84.0 Å².